The van der Waals surface area contributed by atoms with Crippen molar-refractivity contribution in [3.05, 3.63) is 52.9 Å². The minimum absolute atomic E-state index is 0.260. The molecule has 0 aliphatic carbocycles. The molecule has 1 fully saturated rings. The van der Waals surface area contributed by atoms with Gasteiger partial charge in [0.2, 0.25) is 0 Å². The molecule has 164 valence electrons. The predicted octanol–water partition coefficient (Wildman–Crippen LogP) is 3.24. The number of benzene rings is 1. The van der Waals surface area contributed by atoms with Crippen LogP contribution in [0.5, 0.6) is 0 Å². The van der Waals surface area contributed by atoms with Crippen molar-refractivity contribution in [1.82, 2.24) is 20.7 Å². The van der Waals surface area contributed by atoms with Crippen LogP contribution >= 0.6 is 0 Å². The second-order valence-electron chi connectivity index (χ2n) is 8.03. The SMILES string of the molecule is CCNC(=NCc1cc(C(C)C)no1)NCC(c1cccc(C)c1)N1CCOCC1. The van der Waals surface area contributed by atoms with Gasteiger partial charge in [0, 0.05) is 32.2 Å². The van der Waals surface area contributed by atoms with E-state index in [1.165, 1.54) is 11.1 Å². The molecule has 1 unspecified atom stereocenters. The van der Waals surface area contributed by atoms with E-state index in [4.69, 9.17) is 14.3 Å². The molecule has 1 aromatic carbocycles. The molecule has 0 amide bonds. The molecular formula is C23H35N5O2. The lowest BCUT2D eigenvalue weighted by molar-refractivity contribution is 0.0170. The van der Waals surface area contributed by atoms with Crippen LogP contribution in [0.25, 0.3) is 0 Å². The maximum Gasteiger partial charge on any atom is 0.191 e. The van der Waals surface area contributed by atoms with Gasteiger partial charge < -0.3 is 19.9 Å². The molecule has 7 heteroatoms. The Bertz CT molecular complexity index is 811. The standard InChI is InChI=1S/C23H35N5O2/c1-5-24-23(25-15-20-14-21(17(2)3)27-30-20)26-16-22(28-9-11-29-12-10-28)19-8-6-7-18(4)13-19/h6-8,13-14,17,22H,5,9-12,15-16H2,1-4H3,(H2,24,25,26). The molecule has 3 rings (SSSR count). The van der Waals surface area contributed by atoms with Crippen molar-refractivity contribution in [2.24, 2.45) is 4.99 Å². The van der Waals surface area contributed by atoms with Crippen LogP contribution in [0.15, 0.2) is 39.8 Å². The smallest absolute Gasteiger partial charge is 0.191 e. The Morgan fingerprint density at radius 3 is 2.67 bits per heavy atom. The van der Waals surface area contributed by atoms with Gasteiger partial charge in [0.05, 0.1) is 24.9 Å². The Morgan fingerprint density at radius 1 is 1.20 bits per heavy atom. The van der Waals surface area contributed by atoms with Crippen molar-refractivity contribution in [3.63, 3.8) is 0 Å². The van der Waals surface area contributed by atoms with Crippen LogP contribution in [0, 0.1) is 6.92 Å². The maximum atomic E-state index is 5.57. The normalized spacial score (nSPS) is 16.6. The van der Waals surface area contributed by atoms with E-state index in [1.807, 2.05) is 6.07 Å². The van der Waals surface area contributed by atoms with Gasteiger partial charge in [-0.25, -0.2) is 4.99 Å². The van der Waals surface area contributed by atoms with Gasteiger partial charge in [0.25, 0.3) is 0 Å². The van der Waals surface area contributed by atoms with Gasteiger partial charge in [-0.15, -0.1) is 0 Å². The van der Waals surface area contributed by atoms with E-state index in [2.05, 4.69) is 72.7 Å². The topological polar surface area (TPSA) is 74.9 Å². The number of guanidine groups is 1. The monoisotopic (exact) mass is 413 g/mol. The summed E-state index contributed by atoms with van der Waals surface area (Å²) in [6, 6.07) is 11.0. The number of rotatable bonds is 8. The molecule has 7 nitrogen and oxygen atoms in total. The fourth-order valence-corrected chi connectivity index (χ4v) is 3.59. The third-order valence-electron chi connectivity index (χ3n) is 5.28. The number of ether oxygens (including phenoxy) is 1. The molecule has 2 aromatic rings. The summed E-state index contributed by atoms with van der Waals surface area (Å²) in [7, 11) is 0. The Kier molecular flexibility index (Phi) is 8.28. The average Bonchev–Trinajstić information content (AvgIpc) is 3.22. The molecule has 1 atom stereocenters. The molecule has 30 heavy (non-hydrogen) atoms. The van der Waals surface area contributed by atoms with Gasteiger partial charge in [-0.1, -0.05) is 48.8 Å². The highest BCUT2D eigenvalue weighted by Gasteiger charge is 2.23. The van der Waals surface area contributed by atoms with E-state index in [0.717, 1.165) is 56.8 Å². The summed E-state index contributed by atoms with van der Waals surface area (Å²) in [4.78, 5) is 7.19. The zero-order chi connectivity index (χ0) is 21.3. The summed E-state index contributed by atoms with van der Waals surface area (Å²) >= 11 is 0. The summed E-state index contributed by atoms with van der Waals surface area (Å²) in [5, 5.41) is 11.0. The first-order valence-corrected chi connectivity index (χ1v) is 10.9. The quantitative estimate of drug-likeness (QED) is 0.511. The van der Waals surface area contributed by atoms with Gasteiger partial charge in [0.15, 0.2) is 11.7 Å². The van der Waals surface area contributed by atoms with Crippen LogP contribution < -0.4 is 10.6 Å². The minimum atomic E-state index is 0.260. The second-order valence-corrected chi connectivity index (χ2v) is 8.03. The first kappa shape index (κ1) is 22.3. The summed E-state index contributed by atoms with van der Waals surface area (Å²) < 4.78 is 11.0. The van der Waals surface area contributed by atoms with Gasteiger partial charge in [0.1, 0.15) is 6.54 Å². The number of aromatic nitrogens is 1. The molecule has 0 spiro atoms. The summed E-state index contributed by atoms with van der Waals surface area (Å²) in [5.41, 5.74) is 3.56. The molecule has 1 aliphatic heterocycles. The highest BCUT2D eigenvalue weighted by Crippen LogP contribution is 2.22. The molecular weight excluding hydrogens is 378 g/mol. The second kappa shape index (κ2) is 11.1. The molecule has 0 saturated carbocycles. The first-order valence-electron chi connectivity index (χ1n) is 10.9. The first-order chi connectivity index (χ1) is 14.6. The molecule has 1 aliphatic rings. The van der Waals surface area contributed by atoms with Crippen molar-refractivity contribution in [2.45, 2.75) is 46.2 Å². The van der Waals surface area contributed by atoms with Crippen molar-refractivity contribution in [1.29, 1.82) is 0 Å². The highest BCUT2D eigenvalue weighted by atomic mass is 16.5. The number of nitrogens with one attached hydrogen (secondary N) is 2. The lowest BCUT2D eigenvalue weighted by Gasteiger charge is -2.35. The number of hydrogen-bond acceptors (Lipinski definition) is 5. The highest BCUT2D eigenvalue weighted by molar-refractivity contribution is 5.79. The summed E-state index contributed by atoms with van der Waals surface area (Å²) in [6.07, 6.45) is 0. The summed E-state index contributed by atoms with van der Waals surface area (Å²) in [6.45, 7) is 13.9. The van der Waals surface area contributed by atoms with Crippen LogP contribution in [0.4, 0.5) is 0 Å². The van der Waals surface area contributed by atoms with Gasteiger partial charge >= 0.3 is 0 Å². The van der Waals surface area contributed by atoms with Crippen molar-refractivity contribution >= 4 is 5.96 Å². The maximum absolute atomic E-state index is 5.57. The zero-order valence-corrected chi connectivity index (χ0v) is 18.6. The molecule has 1 saturated heterocycles. The van der Waals surface area contributed by atoms with Crippen molar-refractivity contribution < 1.29 is 9.26 Å². The fraction of sp³-hybridized carbons (Fsp3) is 0.565. The number of aliphatic imine (C=N–C) groups is 1. The number of nitrogens with zero attached hydrogens (tertiary/aromatic N) is 3. The van der Waals surface area contributed by atoms with Crippen LogP contribution in [0.3, 0.4) is 0 Å². The Balaban J connectivity index is 1.69. The van der Waals surface area contributed by atoms with E-state index in [1.54, 1.807) is 0 Å². The minimum Gasteiger partial charge on any atom is -0.379 e. The van der Waals surface area contributed by atoms with E-state index in [9.17, 15) is 0 Å². The largest absolute Gasteiger partial charge is 0.379 e. The van der Waals surface area contributed by atoms with Crippen LogP contribution in [0.1, 0.15) is 55.3 Å². The van der Waals surface area contributed by atoms with Gasteiger partial charge in [-0.3, -0.25) is 4.90 Å². The third-order valence-corrected chi connectivity index (χ3v) is 5.28. The van der Waals surface area contributed by atoms with Crippen LogP contribution in [0.2, 0.25) is 0 Å². The average molecular weight is 414 g/mol. The van der Waals surface area contributed by atoms with Crippen LogP contribution in [-0.2, 0) is 11.3 Å². The lowest BCUT2D eigenvalue weighted by Crippen LogP contribution is -2.46. The van der Waals surface area contributed by atoms with Crippen LogP contribution in [-0.4, -0.2) is 55.4 Å². The van der Waals surface area contributed by atoms with Gasteiger partial charge in [-0.2, -0.15) is 0 Å². The zero-order valence-electron chi connectivity index (χ0n) is 18.6. The van der Waals surface area contributed by atoms with E-state index >= 15 is 0 Å². The van der Waals surface area contributed by atoms with E-state index < -0.39 is 0 Å². The van der Waals surface area contributed by atoms with E-state index in [0.29, 0.717) is 12.5 Å². The van der Waals surface area contributed by atoms with E-state index in [-0.39, 0.29) is 6.04 Å². The number of hydrogen-bond donors (Lipinski definition) is 2. The molecule has 0 bridgehead atoms. The summed E-state index contributed by atoms with van der Waals surface area (Å²) in [5.74, 6) is 1.91. The molecule has 0 radical (unpaired) electrons. The fourth-order valence-electron chi connectivity index (χ4n) is 3.59. The molecule has 2 heterocycles. The van der Waals surface area contributed by atoms with Crippen molar-refractivity contribution in [2.75, 3.05) is 39.4 Å². The van der Waals surface area contributed by atoms with Crippen molar-refractivity contribution in [3.8, 4) is 0 Å². The van der Waals surface area contributed by atoms with Gasteiger partial charge in [-0.05, 0) is 25.3 Å². The Labute approximate surface area is 179 Å². The Morgan fingerprint density at radius 2 is 2.00 bits per heavy atom. The molecule has 2 N–H and O–H groups in total. The lowest BCUT2D eigenvalue weighted by atomic mass is 10.0. The predicted molar refractivity (Wildman–Crippen MR) is 120 cm³/mol. The molecule has 1 aromatic heterocycles. The number of morpholine rings is 1. The Hall–Kier alpha value is -2.38. The third kappa shape index (κ3) is 6.31. The number of aryl methyl sites for hydroxylation is 1.